The zero-order valence-corrected chi connectivity index (χ0v) is 14.6. The van der Waals surface area contributed by atoms with Crippen molar-refractivity contribution in [3.8, 4) is 17.2 Å². The number of rotatable bonds is 4. The van der Waals surface area contributed by atoms with Crippen molar-refractivity contribution in [3.05, 3.63) is 59.0 Å². The number of hydrogen-bond donors (Lipinski definition) is 1. The largest absolute Gasteiger partial charge is 0.497 e. The molecule has 6 nitrogen and oxygen atoms in total. The van der Waals surface area contributed by atoms with Crippen molar-refractivity contribution in [2.45, 2.75) is 20.8 Å². The number of ether oxygens (including phenoxy) is 1. The molecule has 1 N–H and O–H groups in total. The second-order valence-electron chi connectivity index (χ2n) is 5.87. The summed E-state index contributed by atoms with van der Waals surface area (Å²) in [7, 11) is 1.58. The van der Waals surface area contributed by atoms with Crippen LogP contribution in [-0.4, -0.2) is 23.2 Å². The van der Waals surface area contributed by atoms with E-state index in [2.05, 4.69) is 15.5 Å². The normalized spacial score (nSPS) is 10.6. The monoisotopic (exact) mass is 337 g/mol. The maximum absolute atomic E-state index is 12.4. The summed E-state index contributed by atoms with van der Waals surface area (Å²) in [6.45, 7) is 5.92. The third-order valence-corrected chi connectivity index (χ3v) is 3.85. The van der Waals surface area contributed by atoms with Crippen LogP contribution < -0.4 is 10.1 Å². The van der Waals surface area contributed by atoms with Crippen molar-refractivity contribution in [3.63, 3.8) is 0 Å². The van der Waals surface area contributed by atoms with Gasteiger partial charge in [0.25, 0.3) is 0 Å². The summed E-state index contributed by atoms with van der Waals surface area (Å²) in [5.74, 6) is 0.419. The lowest BCUT2D eigenvalue weighted by molar-refractivity contribution is 0.0990. The van der Waals surface area contributed by atoms with Crippen LogP contribution in [0.25, 0.3) is 11.5 Å². The van der Waals surface area contributed by atoms with Gasteiger partial charge in [0.1, 0.15) is 5.75 Å². The molecule has 0 aliphatic carbocycles. The maximum atomic E-state index is 12.4. The van der Waals surface area contributed by atoms with Gasteiger partial charge in [-0.1, -0.05) is 23.8 Å². The van der Waals surface area contributed by atoms with E-state index in [1.807, 2.05) is 51.1 Å². The Morgan fingerprint density at radius 1 is 1.08 bits per heavy atom. The highest BCUT2D eigenvalue weighted by molar-refractivity contribution is 6.02. The van der Waals surface area contributed by atoms with Crippen LogP contribution in [-0.2, 0) is 0 Å². The number of aromatic nitrogens is 2. The molecule has 3 aromatic rings. The van der Waals surface area contributed by atoms with Crippen molar-refractivity contribution in [1.29, 1.82) is 0 Å². The molecule has 2 aromatic carbocycles. The van der Waals surface area contributed by atoms with Gasteiger partial charge in [0.15, 0.2) is 0 Å². The Morgan fingerprint density at radius 2 is 1.80 bits per heavy atom. The van der Waals surface area contributed by atoms with Crippen LogP contribution in [0.1, 0.15) is 27.4 Å². The minimum absolute atomic E-state index is 0.0859. The maximum Gasteiger partial charge on any atom is 0.313 e. The number of hydrogen-bond acceptors (Lipinski definition) is 5. The lowest BCUT2D eigenvalue weighted by Gasteiger charge is -2.11. The first-order valence-corrected chi connectivity index (χ1v) is 7.85. The minimum atomic E-state index is -0.434. The van der Waals surface area contributed by atoms with E-state index < -0.39 is 5.91 Å². The summed E-state index contributed by atoms with van der Waals surface area (Å²) in [6.07, 6.45) is 0. The van der Waals surface area contributed by atoms with Gasteiger partial charge in [-0.25, -0.2) is 0 Å². The molecule has 1 amide bonds. The van der Waals surface area contributed by atoms with E-state index in [0.29, 0.717) is 11.3 Å². The van der Waals surface area contributed by atoms with Crippen LogP contribution in [0.4, 0.5) is 5.69 Å². The number of carbonyl (C=O) groups is 1. The van der Waals surface area contributed by atoms with Crippen LogP contribution in [0, 0.1) is 20.8 Å². The molecule has 0 spiro atoms. The molecule has 0 fully saturated rings. The van der Waals surface area contributed by atoms with Gasteiger partial charge < -0.3 is 14.5 Å². The molecule has 0 radical (unpaired) electrons. The van der Waals surface area contributed by atoms with Gasteiger partial charge in [-0.05, 0) is 50.1 Å². The minimum Gasteiger partial charge on any atom is -0.497 e. The van der Waals surface area contributed by atoms with E-state index >= 15 is 0 Å². The Morgan fingerprint density at radius 3 is 2.48 bits per heavy atom. The third-order valence-electron chi connectivity index (χ3n) is 3.85. The molecule has 0 aliphatic rings. The first kappa shape index (κ1) is 16.7. The SMILES string of the molecule is COc1cccc(-c2nnc(C(=O)Nc3c(C)cc(C)cc3C)o2)c1. The Kier molecular flexibility index (Phi) is 4.52. The van der Waals surface area contributed by atoms with Gasteiger partial charge in [-0.3, -0.25) is 4.79 Å². The van der Waals surface area contributed by atoms with E-state index in [0.717, 1.165) is 22.4 Å². The van der Waals surface area contributed by atoms with Gasteiger partial charge in [-0.2, -0.15) is 0 Å². The lowest BCUT2D eigenvalue weighted by atomic mass is 10.1. The van der Waals surface area contributed by atoms with Crippen molar-refractivity contribution >= 4 is 11.6 Å². The van der Waals surface area contributed by atoms with Gasteiger partial charge in [0, 0.05) is 11.3 Å². The number of nitrogens with zero attached hydrogens (tertiary/aromatic N) is 2. The third kappa shape index (κ3) is 3.52. The average Bonchev–Trinajstić information content (AvgIpc) is 3.08. The number of amides is 1. The fraction of sp³-hybridized carbons (Fsp3) is 0.211. The van der Waals surface area contributed by atoms with Crippen molar-refractivity contribution in [2.24, 2.45) is 0 Å². The van der Waals surface area contributed by atoms with Crippen molar-refractivity contribution in [2.75, 3.05) is 12.4 Å². The van der Waals surface area contributed by atoms with Crippen molar-refractivity contribution in [1.82, 2.24) is 10.2 Å². The summed E-state index contributed by atoms with van der Waals surface area (Å²) in [6, 6.07) is 11.2. The predicted octanol–water partition coefficient (Wildman–Crippen LogP) is 3.92. The number of nitrogens with one attached hydrogen (secondary N) is 1. The number of carbonyl (C=O) groups excluding carboxylic acids is 1. The molecular formula is C19H19N3O3. The van der Waals surface area contributed by atoms with Crippen LogP contribution in [0.5, 0.6) is 5.75 Å². The Balaban J connectivity index is 1.84. The van der Waals surface area contributed by atoms with Crippen LogP contribution >= 0.6 is 0 Å². The van der Waals surface area contributed by atoms with E-state index in [-0.39, 0.29) is 11.8 Å². The molecule has 0 saturated heterocycles. The first-order chi connectivity index (χ1) is 12.0. The molecule has 128 valence electrons. The first-order valence-electron chi connectivity index (χ1n) is 7.85. The topological polar surface area (TPSA) is 77.2 Å². The summed E-state index contributed by atoms with van der Waals surface area (Å²) in [5, 5.41) is 10.7. The second-order valence-corrected chi connectivity index (χ2v) is 5.87. The summed E-state index contributed by atoms with van der Waals surface area (Å²) < 4.78 is 10.7. The highest BCUT2D eigenvalue weighted by atomic mass is 16.5. The Labute approximate surface area is 145 Å². The van der Waals surface area contributed by atoms with E-state index in [9.17, 15) is 4.79 Å². The molecule has 0 bridgehead atoms. The highest BCUT2D eigenvalue weighted by Gasteiger charge is 2.18. The molecule has 1 heterocycles. The fourth-order valence-corrected chi connectivity index (χ4v) is 2.73. The molecule has 0 unspecified atom stereocenters. The van der Waals surface area contributed by atoms with Crippen LogP contribution in [0.15, 0.2) is 40.8 Å². The molecule has 1 aromatic heterocycles. The smallest absolute Gasteiger partial charge is 0.313 e. The standard InChI is InChI=1S/C19H19N3O3/c1-11-8-12(2)16(13(3)9-11)20-17(23)19-22-21-18(25-19)14-6-5-7-15(10-14)24-4/h5-10H,1-4H3,(H,20,23). The number of benzene rings is 2. The molecule has 3 rings (SSSR count). The molecule has 0 atom stereocenters. The lowest BCUT2D eigenvalue weighted by Crippen LogP contribution is -2.14. The van der Waals surface area contributed by atoms with Crippen molar-refractivity contribution < 1.29 is 13.9 Å². The number of methoxy groups -OCH3 is 1. The van der Waals surface area contributed by atoms with E-state index in [1.165, 1.54) is 0 Å². The van der Waals surface area contributed by atoms with Crippen LogP contribution in [0.2, 0.25) is 0 Å². The van der Waals surface area contributed by atoms with E-state index in [1.54, 1.807) is 13.2 Å². The number of anilines is 1. The summed E-state index contributed by atoms with van der Waals surface area (Å²) in [5.41, 5.74) is 4.56. The van der Waals surface area contributed by atoms with Gasteiger partial charge >= 0.3 is 11.8 Å². The quantitative estimate of drug-likeness (QED) is 0.780. The number of aryl methyl sites for hydroxylation is 3. The van der Waals surface area contributed by atoms with Gasteiger partial charge in [0.05, 0.1) is 7.11 Å². The zero-order valence-electron chi connectivity index (χ0n) is 14.6. The van der Waals surface area contributed by atoms with Crippen LogP contribution in [0.3, 0.4) is 0 Å². The molecular weight excluding hydrogens is 318 g/mol. The molecule has 6 heteroatoms. The highest BCUT2D eigenvalue weighted by Crippen LogP contribution is 2.25. The molecule has 0 aliphatic heterocycles. The predicted molar refractivity (Wildman–Crippen MR) is 94.9 cm³/mol. The molecule has 0 saturated carbocycles. The summed E-state index contributed by atoms with van der Waals surface area (Å²) >= 11 is 0. The Hall–Kier alpha value is -3.15. The van der Waals surface area contributed by atoms with Gasteiger partial charge in [-0.15, -0.1) is 10.2 Å². The average molecular weight is 337 g/mol. The zero-order chi connectivity index (χ0) is 18.0. The van der Waals surface area contributed by atoms with Gasteiger partial charge in [0.2, 0.25) is 5.89 Å². The molecule has 25 heavy (non-hydrogen) atoms. The summed E-state index contributed by atoms with van der Waals surface area (Å²) in [4.78, 5) is 12.4. The second kappa shape index (κ2) is 6.76. The Bertz CT molecular complexity index is 908. The van der Waals surface area contributed by atoms with E-state index in [4.69, 9.17) is 9.15 Å². The fourth-order valence-electron chi connectivity index (χ4n) is 2.73.